The second-order valence-electron chi connectivity index (χ2n) is 7.16. The van der Waals surface area contributed by atoms with Gasteiger partial charge in [0.1, 0.15) is 4.90 Å². The molecular weight excluding hydrogens is 589 g/mol. The highest BCUT2D eigenvalue weighted by atomic mass is 127. The molecule has 3 aromatic carbocycles. The van der Waals surface area contributed by atoms with E-state index in [1.807, 2.05) is 24.3 Å². The van der Waals surface area contributed by atoms with E-state index in [0.717, 1.165) is 20.9 Å². The monoisotopic (exact) mass is 607 g/mol. The zero-order valence-corrected chi connectivity index (χ0v) is 21.6. The number of carbonyl (C=O) groups is 2. The summed E-state index contributed by atoms with van der Waals surface area (Å²) in [6.07, 6.45) is 1.57. The van der Waals surface area contributed by atoms with E-state index in [4.69, 9.17) is 8.92 Å². The molecule has 0 N–H and O–H groups in total. The summed E-state index contributed by atoms with van der Waals surface area (Å²) in [7, 11) is -2.66. The van der Waals surface area contributed by atoms with Gasteiger partial charge in [-0.3, -0.25) is 14.5 Å². The molecule has 0 aliphatic carbocycles. The smallest absolute Gasteiger partial charge is 0.339 e. The van der Waals surface area contributed by atoms with Gasteiger partial charge in [0.25, 0.3) is 11.1 Å². The van der Waals surface area contributed by atoms with E-state index < -0.39 is 10.1 Å². The lowest BCUT2D eigenvalue weighted by Crippen LogP contribution is -2.27. The van der Waals surface area contributed by atoms with Gasteiger partial charge in [0.05, 0.1) is 18.6 Å². The second-order valence-corrected chi connectivity index (χ2v) is 10.9. The molecule has 7 nitrogen and oxygen atoms in total. The Labute approximate surface area is 215 Å². The first kappa shape index (κ1) is 24.3. The van der Waals surface area contributed by atoms with E-state index >= 15 is 0 Å². The Kier molecular flexibility index (Phi) is 7.29. The van der Waals surface area contributed by atoms with E-state index in [-0.39, 0.29) is 39.0 Å². The predicted molar refractivity (Wildman–Crippen MR) is 138 cm³/mol. The van der Waals surface area contributed by atoms with Gasteiger partial charge in [-0.25, -0.2) is 0 Å². The van der Waals surface area contributed by atoms with E-state index in [9.17, 15) is 18.0 Å². The Bertz CT molecular complexity index is 1370. The van der Waals surface area contributed by atoms with Crippen molar-refractivity contribution >= 4 is 61.7 Å². The maximum absolute atomic E-state index is 12.8. The van der Waals surface area contributed by atoms with Crippen LogP contribution in [0.25, 0.3) is 6.08 Å². The molecule has 0 bridgehead atoms. The first-order chi connectivity index (χ1) is 16.3. The molecule has 4 rings (SSSR count). The van der Waals surface area contributed by atoms with Crippen molar-refractivity contribution in [1.29, 1.82) is 0 Å². The van der Waals surface area contributed by atoms with E-state index in [1.54, 1.807) is 36.4 Å². The highest BCUT2D eigenvalue weighted by Gasteiger charge is 2.35. The molecule has 1 saturated heterocycles. The fraction of sp³-hybridized carbons (Fsp3) is 0.0833. The van der Waals surface area contributed by atoms with Crippen LogP contribution in [-0.4, -0.2) is 31.6 Å². The first-order valence-corrected chi connectivity index (χ1v) is 13.2. The van der Waals surface area contributed by atoms with Crippen molar-refractivity contribution in [1.82, 2.24) is 4.90 Å². The Morgan fingerprint density at radius 2 is 1.68 bits per heavy atom. The minimum Gasteiger partial charge on any atom is -0.493 e. The van der Waals surface area contributed by atoms with E-state index in [0.29, 0.717) is 5.56 Å². The molecule has 0 aromatic heterocycles. The minimum atomic E-state index is -4.04. The summed E-state index contributed by atoms with van der Waals surface area (Å²) in [5.74, 6) is -0.207. The average molecular weight is 607 g/mol. The summed E-state index contributed by atoms with van der Waals surface area (Å²) >= 11 is 3.04. The lowest BCUT2D eigenvalue weighted by molar-refractivity contribution is -0.123. The van der Waals surface area contributed by atoms with Crippen LogP contribution in [-0.2, 0) is 21.5 Å². The SMILES string of the molecule is COc1cc(/C=C2\SC(=O)N(Cc3ccc(I)cc3)C2=O)ccc1OS(=O)(=O)c1ccccc1. The van der Waals surface area contributed by atoms with Crippen molar-refractivity contribution in [2.45, 2.75) is 11.4 Å². The van der Waals surface area contributed by atoms with Crippen molar-refractivity contribution in [2.75, 3.05) is 7.11 Å². The molecule has 34 heavy (non-hydrogen) atoms. The Hall–Kier alpha value is -2.83. The number of ether oxygens (including phenoxy) is 1. The van der Waals surface area contributed by atoms with Crippen LogP contribution in [0.2, 0.25) is 0 Å². The average Bonchev–Trinajstić information content (AvgIpc) is 3.09. The van der Waals surface area contributed by atoms with E-state index in [1.165, 1.54) is 30.2 Å². The van der Waals surface area contributed by atoms with Crippen molar-refractivity contribution in [3.8, 4) is 11.5 Å². The third kappa shape index (κ3) is 5.45. The van der Waals surface area contributed by atoms with Gasteiger partial charge in [-0.1, -0.05) is 36.4 Å². The van der Waals surface area contributed by atoms with Crippen molar-refractivity contribution in [2.24, 2.45) is 0 Å². The molecule has 0 spiro atoms. The highest BCUT2D eigenvalue weighted by Crippen LogP contribution is 2.36. The van der Waals surface area contributed by atoms with Crippen LogP contribution in [0.5, 0.6) is 11.5 Å². The fourth-order valence-corrected chi connectivity index (χ4v) is 5.31. The summed E-state index contributed by atoms with van der Waals surface area (Å²) in [6, 6.07) is 19.9. The second kappa shape index (κ2) is 10.2. The molecule has 0 saturated carbocycles. The molecule has 3 aromatic rings. The van der Waals surface area contributed by atoms with Gasteiger partial charge in [-0.05, 0) is 88.0 Å². The number of hydrogen-bond donors (Lipinski definition) is 0. The number of hydrogen-bond acceptors (Lipinski definition) is 7. The predicted octanol–water partition coefficient (Wildman–Crippen LogP) is 5.30. The summed E-state index contributed by atoms with van der Waals surface area (Å²) in [5.41, 5.74) is 1.41. The lowest BCUT2D eigenvalue weighted by atomic mass is 10.1. The molecule has 0 radical (unpaired) electrons. The highest BCUT2D eigenvalue weighted by molar-refractivity contribution is 14.1. The fourth-order valence-electron chi connectivity index (χ4n) is 3.16. The number of rotatable bonds is 7. The largest absolute Gasteiger partial charge is 0.493 e. The van der Waals surface area contributed by atoms with Crippen LogP contribution >= 0.6 is 34.4 Å². The molecular formula is C24H18INO6S2. The van der Waals surface area contributed by atoms with Crippen LogP contribution in [0.1, 0.15) is 11.1 Å². The molecule has 0 unspecified atom stereocenters. The topological polar surface area (TPSA) is 90.0 Å². The summed E-state index contributed by atoms with van der Waals surface area (Å²) in [4.78, 5) is 26.8. The molecule has 2 amide bonds. The van der Waals surface area contributed by atoms with Crippen LogP contribution in [0.4, 0.5) is 4.79 Å². The molecule has 0 atom stereocenters. The minimum absolute atomic E-state index is 0.00955. The molecule has 1 aliphatic rings. The Morgan fingerprint density at radius 3 is 2.35 bits per heavy atom. The number of imide groups is 1. The van der Waals surface area contributed by atoms with Crippen LogP contribution in [0, 0.1) is 3.57 Å². The van der Waals surface area contributed by atoms with Crippen molar-refractivity contribution in [3.63, 3.8) is 0 Å². The Balaban J connectivity index is 1.54. The molecule has 174 valence electrons. The van der Waals surface area contributed by atoms with Gasteiger partial charge in [0.2, 0.25) is 0 Å². The summed E-state index contributed by atoms with van der Waals surface area (Å²) in [6.45, 7) is 0.187. The number of halogens is 1. The number of amides is 2. The number of thioether (sulfide) groups is 1. The maximum Gasteiger partial charge on any atom is 0.339 e. The summed E-state index contributed by atoms with van der Waals surface area (Å²) < 4.78 is 36.7. The van der Waals surface area contributed by atoms with Crippen LogP contribution < -0.4 is 8.92 Å². The third-order valence-corrected chi connectivity index (χ3v) is 7.72. The van der Waals surface area contributed by atoms with Gasteiger partial charge in [-0.2, -0.15) is 8.42 Å². The standard InChI is InChI=1S/C24H18INO6S2/c1-31-21-13-17(9-12-20(21)32-34(29,30)19-5-3-2-4-6-19)14-22-23(27)26(24(28)33-22)15-16-7-10-18(25)11-8-16/h2-14H,15H2,1H3/b22-14-. The van der Waals surface area contributed by atoms with E-state index in [2.05, 4.69) is 22.6 Å². The molecule has 1 fully saturated rings. The number of carbonyl (C=O) groups excluding carboxylic acids is 2. The number of benzene rings is 3. The van der Waals surface area contributed by atoms with Gasteiger partial charge in [-0.15, -0.1) is 0 Å². The van der Waals surface area contributed by atoms with Gasteiger partial charge in [0.15, 0.2) is 11.5 Å². The zero-order valence-electron chi connectivity index (χ0n) is 17.8. The zero-order chi connectivity index (χ0) is 24.3. The maximum atomic E-state index is 12.8. The van der Waals surface area contributed by atoms with Crippen molar-refractivity contribution < 1.29 is 26.9 Å². The number of methoxy groups -OCH3 is 1. The van der Waals surface area contributed by atoms with Crippen molar-refractivity contribution in [3.05, 3.63) is 92.4 Å². The molecule has 10 heteroatoms. The normalized spacial score (nSPS) is 15.1. The van der Waals surface area contributed by atoms with Crippen LogP contribution in [0.15, 0.2) is 82.6 Å². The Morgan fingerprint density at radius 1 is 0.971 bits per heavy atom. The van der Waals surface area contributed by atoms with Gasteiger partial charge >= 0.3 is 10.1 Å². The van der Waals surface area contributed by atoms with Gasteiger partial charge in [0, 0.05) is 3.57 Å². The van der Waals surface area contributed by atoms with Gasteiger partial charge < -0.3 is 8.92 Å². The molecule has 1 aliphatic heterocycles. The molecule has 1 heterocycles. The number of nitrogens with zero attached hydrogens (tertiary/aromatic N) is 1. The quantitative estimate of drug-likeness (QED) is 0.205. The lowest BCUT2D eigenvalue weighted by Gasteiger charge is -2.12. The van der Waals surface area contributed by atoms with Crippen LogP contribution in [0.3, 0.4) is 0 Å². The summed E-state index contributed by atoms with van der Waals surface area (Å²) in [5, 5.41) is -0.351. The third-order valence-electron chi connectivity index (χ3n) is 4.84. The first-order valence-electron chi connectivity index (χ1n) is 9.94.